The molecule has 0 saturated heterocycles. The first kappa shape index (κ1) is 33.1. The molecule has 0 bridgehead atoms. The molecule has 2 heteroatoms. The van der Waals surface area contributed by atoms with Gasteiger partial charge in [-0.25, -0.2) is 0 Å². The van der Waals surface area contributed by atoms with E-state index in [2.05, 4.69) is 193 Å². The van der Waals surface area contributed by atoms with Crippen LogP contribution in [-0.4, -0.2) is 5.49 Å². The van der Waals surface area contributed by atoms with Gasteiger partial charge in [-0.2, -0.15) is 0 Å². The minimum absolute atomic E-state index is 0.400. The molecule has 2 aliphatic rings. The van der Waals surface area contributed by atoms with Crippen molar-refractivity contribution in [1.82, 2.24) is 0 Å². The molecule has 246 valence electrons. The van der Waals surface area contributed by atoms with Gasteiger partial charge in [0.05, 0.1) is 0 Å². The molecule has 0 nitrogen and oxygen atoms in total. The summed E-state index contributed by atoms with van der Waals surface area (Å²) in [4.78, 5) is 0. The van der Waals surface area contributed by atoms with E-state index < -0.39 is 22.6 Å². The summed E-state index contributed by atoms with van der Waals surface area (Å²) in [6, 6.07) is 55.7. The zero-order chi connectivity index (χ0) is 34.3. The Hall–Kier alpha value is -4.11. The third kappa shape index (κ3) is 5.26. The Morgan fingerprint density at radius 2 is 0.820 bits per heavy atom. The van der Waals surface area contributed by atoms with Gasteiger partial charge in [-0.15, -0.1) is 0 Å². The molecule has 0 N–H and O–H groups in total. The Balaban J connectivity index is 1.45. The Labute approximate surface area is 299 Å². The molecule has 6 aromatic rings. The van der Waals surface area contributed by atoms with E-state index in [1.807, 2.05) is 0 Å². The molecular weight excluding hydrogens is 783 g/mol. The quantitative estimate of drug-likeness (QED) is 0.134. The first-order chi connectivity index (χ1) is 24.4. The van der Waals surface area contributed by atoms with Crippen LogP contribution in [0.5, 0.6) is 0 Å². The zero-order valence-corrected chi connectivity index (χ0v) is 34.3. The second-order valence-corrected chi connectivity index (χ2v) is 58.5. The van der Waals surface area contributed by atoms with Crippen molar-refractivity contribution in [3.05, 3.63) is 191 Å². The van der Waals surface area contributed by atoms with Crippen molar-refractivity contribution >= 4 is 28.0 Å². The van der Waals surface area contributed by atoms with Gasteiger partial charge in [0.2, 0.25) is 0 Å². The van der Waals surface area contributed by atoms with Crippen LogP contribution >= 0.6 is 0 Å². The normalized spacial score (nSPS) is 16.3. The van der Waals surface area contributed by atoms with Crippen LogP contribution in [0.25, 0.3) is 34.4 Å². The van der Waals surface area contributed by atoms with E-state index in [0.717, 1.165) is 12.8 Å². The van der Waals surface area contributed by atoms with Gasteiger partial charge in [0, 0.05) is 0 Å². The maximum absolute atomic E-state index is 4.41. The van der Waals surface area contributed by atoms with Gasteiger partial charge in [0.1, 0.15) is 0 Å². The van der Waals surface area contributed by atoms with E-state index in [4.69, 9.17) is 0 Å². The van der Waals surface area contributed by atoms with Crippen molar-refractivity contribution in [2.24, 2.45) is 0 Å². The summed E-state index contributed by atoms with van der Waals surface area (Å²) in [5.41, 5.74) is 13.0. The Morgan fingerprint density at radius 3 is 1.24 bits per heavy atom. The molecule has 0 spiro atoms. The van der Waals surface area contributed by atoms with E-state index in [1.165, 1.54) is 55.6 Å². The Kier molecular flexibility index (Phi) is 8.74. The van der Waals surface area contributed by atoms with Crippen molar-refractivity contribution in [2.45, 2.75) is 43.4 Å². The van der Waals surface area contributed by atoms with E-state index in [9.17, 15) is 0 Å². The van der Waals surface area contributed by atoms with Crippen molar-refractivity contribution in [1.29, 1.82) is 0 Å². The summed E-state index contributed by atoms with van der Waals surface area (Å²) in [5, 5.41) is 3.10. The maximum atomic E-state index is 2.86. The van der Waals surface area contributed by atoms with Gasteiger partial charge in [-0.1, -0.05) is 0 Å². The fraction of sp³-hybridized carbons (Fsp3) is 0.167. The third-order valence-corrected chi connectivity index (χ3v) is 61.1. The molecule has 0 heterocycles. The van der Waals surface area contributed by atoms with Crippen LogP contribution in [0, 0.1) is 0 Å². The van der Waals surface area contributed by atoms with Gasteiger partial charge in [0.15, 0.2) is 0 Å². The van der Waals surface area contributed by atoms with Crippen molar-refractivity contribution in [3.8, 4) is 22.3 Å². The zero-order valence-electron chi connectivity index (χ0n) is 29.7. The summed E-state index contributed by atoms with van der Waals surface area (Å²) < 4.78 is 6.52. The molecule has 2 unspecified atom stereocenters. The van der Waals surface area contributed by atoms with E-state index in [-0.39, 0.29) is 0 Å². The summed E-state index contributed by atoms with van der Waals surface area (Å²) in [6.07, 6.45) is 12.4. The van der Waals surface area contributed by atoms with Crippen molar-refractivity contribution in [2.75, 3.05) is 0 Å². The fourth-order valence-electron chi connectivity index (χ4n) is 9.67. The van der Waals surface area contributed by atoms with Crippen molar-refractivity contribution < 1.29 is 17.1 Å². The Morgan fingerprint density at radius 1 is 0.440 bits per heavy atom. The molecule has 0 aliphatic heterocycles. The molecule has 8 rings (SSSR count). The number of aryl methyl sites for hydroxylation is 2. The van der Waals surface area contributed by atoms with E-state index in [0.29, 0.717) is 7.35 Å². The van der Waals surface area contributed by atoms with Crippen LogP contribution in [0.3, 0.4) is 0 Å². The monoisotopic (exact) mass is 830 g/mol. The molecule has 0 fully saturated rings. The van der Waals surface area contributed by atoms with Crippen LogP contribution in [0.1, 0.15) is 54.6 Å². The second-order valence-electron chi connectivity index (χ2n) is 15.0. The fourth-order valence-corrected chi connectivity index (χ4v) is 62.6. The van der Waals surface area contributed by atoms with Crippen LogP contribution in [0.2, 0.25) is 9.36 Å². The molecule has 2 atom stereocenters. The number of hydrogen-bond acceptors (Lipinski definition) is 0. The second kappa shape index (κ2) is 13.2. The SMILES string of the molecule is CCc1ccccc1-c1cccc2c1C=C[CH]2[Hf]([CH3])([CH3])([CH]1C=Cc2c(-c3ccccc3CC)cccc21)=[Si](c1ccccc1)c1ccccc1. The van der Waals surface area contributed by atoms with Gasteiger partial charge >= 0.3 is 302 Å². The summed E-state index contributed by atoms with van der Waals surface area (Å²) in [7, 11) is 0. The number of rotatable bonds is 8. The van der Waals surface area contributed by atoms with Crippen LogP contribution in [0.15, 0.2) is 158 Å². The Bertz CT molecular complexity index is 2190. The summed E-state index contributed by atoms with van der Waals surface area (Å²) >= 11 is -4.41. The predicted molar refractivity (Wildman–Crippen MR) is 216 cm³/mol. The minimum atomic E-state index is -4.41. The van der Waals surface area contributed by atoms with Crippen molar-refractivity contribution in [3.63, 3.8) is 0 Å². The molecule has 0 saturated carbocycles. The first-order valence-electron chi connectivity index (χ1n) is 18.4. The number of allylic oxidation sites excluding steroid dienone is 2. The number of fused-ring (bicyclic) bond motifs is 2. The first-order valence-corrected chi connectivity index (χ1v) is 36.6. The summed E-state index contributed by atoms with van der Waals surface area (Å²) in [5.74, 6) is 0. The molecule has 0 aromatic heterocycles. The predicted octanol–water partition coefficient (Wildman–Crippen LogP) is 11.6. The average Bonchev–Trinajstić information content (AvgIpc) is 3.82. The molecule has 6 aromatic carbocycles. The van der Waals surface area contributed by atoms with Crippen LogP contribution in [0.4, 0.5) is 0 Å². The molecule has 2 aliphatic carbocycles. The standard InChI is InChI=1S/2C17H15.C12H10Si.2CH3.Hf/c2*1-2-13-7-3-4-10-15(13)17-12-6-9-14-8-5-11-16(14)17;1-3-7-11(8-4-1)13-12-9-5-2-6-10-12;;;/h2*3-12H,2H2,1H3;1-10H;2*1H3;. The molecular formula is C48H46HfSi. The average molecular weight is 829 g/mol. The topological polar surface area (TPSA) is 0 Å². The summed E-state index contributed by atoms with van der Waals surface area (Å²) in [6.45, 7) is 4.56. The van der Waals surface area contributed by atoms with E-state index >= 15 is 0 Å². The molecule has 0 radical (unpaired) electrons. The third-order valence-electron chi connectivity index (χ3n) is 12.1. The van der Waals surface area contributed by atoms with Gasteiger partial charge in [0.25, 0.3) is 0 Å². The number of benzene rings is 6. The van der Waals surface area contributed by atoms with Gasteiger partial charge < -0.3 is 0 Å². The molecule has 0 amide bonds. The van der Waals surface area contributed by atoms with Gasteiger partial charge in [-0.3, -0.25) is 0 Å². The van der Waals surface area contributed by atoms with Gasteiger partial charge in [-0.05, 0) is 0 Å². The van der Waals surface area contributed by atoms with Crippen LogP contribution < -0.4 is 10.4 Å². The van der Waals surface area contributed by atoms with Crippen LogP contribution in [-0.2, 0) is 30.0 Å². The number of hydrogen-bond donors (Lipinski definition) is 0. The van der Waals surface area contributed by atoms with E-state index in [1.54, 1.807) is 10.4 Å². The molecule has 50 heavy (non-hydrogen) atoms.